The van der Waals surface area contributed by atoms with Gasteiger partial charge in [0.25, 0.3) is 0 Å². The van der Waals surface area contributed by atoms with Crippen LogP contribution in [0.25, 0.3) is 21.9 Å². The molecular formula is C17H20BrN3O. The largest absolute Gasteiger partial charge is 0.374 e. The van der Waals surface area contributed by atoms with E-state index in [-0.39, 0.29) is 0 Å². The lowest BCUT2D eigenvalue weighted by atomic mass is 10.1. The Morgan fingerprint density at radius 1 is 1.27 bits per heavy atom. The van der Waals surface area contributed by atoms with Crippen LogP contribution in [0.2, 0.25) is 0 Å². The Kier molecular flexibility index (Phi) is 4.45. The number of hydrogen-bond acceptors (Lipinski definition) is 3. The van der Waals surface area contributed by atoms with E-state index in [1.54, 1.807) is 0 Å². The fourth-order valence-corrected chi connectivity index (χ4v) is 3.05. The molecule has 0 spiro atoms. The van der Waals surface area contributed by atoms with Crippen LogP contribution in [0.5, 0.6) is 0 Å². The van der Waals surface area contributed by atoms with Crippen molar-refractivity contribution in [3.05, 3.63) is 34.7 Å². The summed E-state index contributed by atoms with van der Waals surface area (Å²) in [4.78, 5) is 9.28. The van der Waals surface area contributed by atoms with Crippen molar-refractivity contribution >= 4 is 37.9 Å². The van der Waals surface area contributed by atoms with E-state index in [2.05, 4.69) is 51.5 Å². The zero-order chi connectivity index (χ0) is 15.7. The SMILES string of the molecule is CCOCc1nc2cnc3cc(Br)ccc3c2n1CC(C)C. The van der Waals surface area contributed by atoms with Crippen LogP contribution in [0.15, 0.2) is 28.9 Å². The van der Waals surface area contributed by atoms with E-state index in [1.807, 2.05) is 19.2 Å². The number of rotatable bonds is 5. The third-order valence-electron chi connectivity index (χ3n) is 3.60. The van der Waals surface area contributed by atoms with E-state index in [4.69, 9.17) is 9.72 Å². The van der Waals surface area contributed by atoms with Crippen molar-refractivity contribution in [1.29, 1.82) is 0 Å². The van der Waals surface area contributed by atoms with E-state index < -0.39 is 0 Å². The van der Waals surface area contributed by atoms with E-state index in [1.165, 1.54) is 0 Å². The molecule has 4 nitrogen and oxygen atoms in total. The quantitative estimate of drug-likeness (QED) is 0.669. The maximum absolute atomic E-state index is 5.59. The molecule has 2 heterocycles. The van der Waals surface area contributed by atoms with Crippen molar-refractivity contribution in [3.8, 4) is 0 Å². The number of pyridine rings is 1. The molecule has 3 rings (SSSR count). The summed E-state index contributed by atoms with van der Waals surface area (Å²) in [7, 11) is 0. The molecule has 0 aliphatic rings. The summed E-state index contributed by atoms with van der Waals surface area (Å²) in [5.41, 5.74) is 3.07. The van der Waals surface area contributed by atoms with Gasteiger partial charge in [0.1, 0.15) is 17.9 Å². The molecule has 0 saturated heterocycles. The highest BCUT2D eigenvalue weighted by Gasteiger charge is 2.15. The molecule has 0 aliphatic heterocycles. The van der Waals surface area contributed by atoms with Gasteiger partial charge in [0, 0.05) is 23.0 Å². The molecule has 2 aromatic heterocycles. The van der Waals surface area contributed by atoms with Crippen LogP contribution in [0, 0.1) is 5.92 Å². The summed E-state index contributed by atoms with van der Waals surface area (Å²) in [6, 6.07) is 6.21. The van der Waals surface area contributed by atoms with Crippen LogP contribution in [-0.2, 0) is 17.9 Å². The van der Waals surface area contributed by atoms with Crippen LogP contribution in [0.3, 0.4) is 0 Å². The van der Waals surface area contributed by atoms with Gasteiger partial charge >= 0.3 is 0 Å². The number of benzene rings is 1. The van der Waals surface area contributed by atoms with Crippen molar-refractivity contribution in [2.45, 2.75) is 33.9 Å². The first-order valence-corrected chi connectivity index (χ1v) is 8.40. The molecule has 0 saturated carbocycles. The number of aromatic nitrogens is 3. The Balaban J connectivity index is 2.26. The highest BCUT2D eigenvalue weighted by atomic mass is 79.9. The van der Waals surface area contributed by atoms with Gasteiger partial charge < -0.3 is 9.30 Å². The first-order chi connectivity index (χ1) is 10.6. The molecule has 0 fully saturated rings. The molecule has 22 heavy (non-hydrogen) atoms. The minimum Gasteiger partial charge on any atom is -0.374 e. The maximum Gasteiger partial charge on any atom is 0.136 e. The highest BCUT2D eigenvalue weighted by molar-refractivity contribution is 9.10. The van der Waals surface area contributed by atoms with E-state index in [0.717, 1.165) is 38.8 Å². The smallest absolute Gasteiger partial charge is 0.136 e. The van der Waals surface area contributed by atoms with Gasteiger partial charge in [-0.3, -0.25) is 4.98 Å². The molecule has 3 aromatic rings. The van der Waals surface area contributed by atoms with Gasteiger partial charge in [0.2, 0.25) is 0 Å². The molecule has 0 bridgehead atoms. The Labute approximate surface area is 138 Å². The van der Waals surface area contributed by atoms with E-state index in [0.29, 0.717) is 19.1 Å². The van der Waals surface area contributed by atoms with E-state index >= 15 is 0 Å². The molecule has 1 aromatic carbocycles. The summed E-state index contributed by atoms with van der Waals surface area (Å²) >= 11 is 3.51. The van der Waals surface area contributed by atoms with Crippen LogP contribution >= 0.6 is 15.9 Å². The van der Waals surface area contributed by atoms with Gasteiger partial charge in [-0.15, -0.1) is 0 Å². The normalized spacial score (nSPS) is 11.9. The van der Waals surface area contributed by atoms with Gasteiger partial charge in [-0.2, -0.15) is 0 Å². The molecule has 0 radical (unpaired) electrons. The predicted octanol–water partition coefficient (Wildman–Crippen LogP) is 4.54. The minimum atomic E-state index is 0.538. The molecule has 0 aliphatic carbocycles. The molecule has 116 valence electrons. The number of halogens is 1. The van der Waals surface area contributed by atoms with Crippen molar-refractivity contribution in [2.75, 3.05) is 6.61 Å². The molecule has 0 amide bonds. The summed E-state index contributed by atoms with van der Waals surface area (Å²) in [6.45, 7) is 8.59. The maximum atomic E-state index is 5.59. The van der Waals surface area contributed by atoms with Crippen molar-refractivity contribution in [3.63, 3.8) is 0 Å². The third-order valence-corrected chi connectivity index (χ3v) is 4.09. The van der Waals surface area contributed by atoms with Gasteiger partial charge in [-0.05, 0) is 31.0 Å². The van der Waals surface area contributed by atoms with Crippen LogP contribution in [0.1, 0.15) is 26.6 Å². The van der Waals surface area contributed by atoms with E-state index in [9.17, 15) is 0 Å². The number of nitrogens with zero attached hydrogens (tertiary/aromatic N) is 3. The second-order valence-corrected chi connectivity index (χ2v) is 6.74. The molecular weight excluding hydrogens is 342 g/mol. The second kappa shape index (κ2) is 6.34. The molecule has 0 atom stereocenters. The first kappa shape index (κ1) is 15.4. The topological polar surface area (TPSA) is 39.9 Å². The Hall–Kier alpha value is -1.46. The fourth-order valence-electron chi connectivity index (χ4n) is 2.70. The Morgan fingerprint density at radius 3 is 2.82 bits per heavy atom. The molecule has 0 N–H and O–H groups in total. The lowest BCUT2D eigenvalue weighted by Crippen LogP contribution is -2.10. The van der Waals surface area contributed by atoms with Gasteiger partial charge in [0.15, 0.2) is 0 Å². The minimum absolute atomic E-state index is 0.538. The Morgan fingerprint density at radius 2 is 2.09 bits per heavy atom. The number of imidazole rings is 1. The van der Waals surface area contributed by atoms with Crippen LogP contribution in [0.4, 0.5) is 0 Å². The fraction of sp³-hybridized carbons (Fsp3) is 0.412. The van der Waals surface area contributed by atoms with Gasteiger partial charge in [-0.25, -0.2) is 4.98 Å². The summed E-state index contributed by atoms with van der Waals surface area (Å²) in [5, 5.41) is 1.14. The van der Waals surface area contributed by atoms with Crippen molar-refractivity contribution in [1.82, 2.24) is 14.5 Å². The average Bonchev–Trinajstić information content (AvgIpc) is 2.82. The zero-order valence-corrected chi connectivity index (χ0v) is 14.7. The first-order valence-electron chi connectivity index (χ1n) is 7.61. The van der Waals surface area contributed by atoms with Crippen molar-refractivity contribution in [2.24, 2.45) is 5.92 Å². The van der Waals surface area contributed by atoms with Crippen LogP contribution < -0.4 is 0 Å². The Bertz CT molecular complexity index is 810. The van der Waals surface area contributed by atoms with Crippen molar-refractivity contribution < 1.29 is 4.74 Å². The summed E-state index contributed by atoms with van der Waals surface area (Å²) in [5.74, 6) is 1.51. The second-order valence-electron chi connectivity index (χ2n) is 5.82. The number of hydrogen-bond donors (Lipinski definition) is 0. The standard InChI is InChI=1S/C17H20BrN3O/c1-4-22-10-16-20-15-8-19-14-7-12(18)5-6-13(14)17(15)21(16)9-11(2)3/h5-8,11H,4,9-10H2,1-3H3. The monoisotopic (exact) mass is 361 g/mol. The third kappa shape index (κ3) is 2.88. The predicted molar refractivity (Wildman–Crippen MR) is 92.9 cm³/mol. The summed E-state index contributed by atoms with van der Waals surface area (Å²) < 4.78 is 8.91. The summed E-state index contributed by atoms with van der Waals surface area (Å²) in [6.07, 6.45) is 1.86. The number of fused-ring (bicyclic) bond motifs is 3. The lowest BCUT2D eigenvalue weighted by Gasteiger charge is -2.12. The highest BCUT2D eigenvalue weighted by Crippen LogP contribution is 2.28. The number of ether oxygens (including phenoxy) is 1. The molecule has 5 heteroatoms. The zero-order valence-electron chi connectivity index (χ0n) is 13.1. The average molecular weight is 362 g/mol. The van der Waals surface area contributed by atoms with Gasteiger partial charge in [0.05, 0.1) is 17.2 Å². The molecule has 0 unspecified atom stereocenters. The van der Waals surface area contributed by atoms with Crippen LogP contribution in [-0.4, -0.2) is 21.1 Å². The van der Waals surface area contributed by atoms with Gasteiger partial charge in [-0.1, -0.05) is 29.8 Å². The lowest BCUT2D eigenvalue weighted by molar-refractivity contribution is 0.125.